The molecule has 0 saturated heterocycles. The van der Waals surface area contributed by atoms with E-state index < -0.39 is 4.92 Å². The van der Waals surface area contributed by atoms with E-state index in [4.69, 9.17) is 0 Å². The van der Waals surface area contributed by atoms with Crippen molar-refractivity contribution in [1.29, 1.82) is 0 Å². The van der Waals surface area contributed by atoms with Crippen LogP contribution < -0.4 is 0 Å². The fourth-order valence-corrected chi connectivity index (χ4v) is 2.90. The number of nitro benzene ring substituents is 1. The van der Waals surface area contributed by atoms with Crippen LogP contribution in [0.25, 0.3) is 10.1 Å². The van der Waals surface area contributed by atoms with Gasteiger partial charge in [-0.1, -0.05) is 0 Å². The molecule has 0 spiro atoms. The predicted octanol–water partition coefficient (Wildman–Crippen LogP) is 3.41. The Kier molecular flexibility index (Phi) is 2.20. The molecular weight excluding hydrogens is 218 g/mol. The van der Waals surface area contributed by atoms with Gasteiger partial charge in [-0.15, -0.1) is 24.0 Å². The first-order valence-electron chi connectivity index (χ1n) is 3.95. The molecule has 0 fully saturated rings. The zero-order chi connectivity index (χ0) is 10.3. The van der Waals surface area contributed by atoms with Gasteiger partial charge in [-0.05, 0) is 17.9 Å². The molecule has 2 aromatic rings. The first-order chi connectivity index (χ1) is 6.59. The number of nitro groups is 1. The number of thiophene rings is 1. The Hall–Kier alpha value is -1.07. The van der Waals surface area contributed by atoms with E-state index >= 15 is 0 Å². The van der Waals surface area contributed by atoms with Gasteiger partial charge in [0.15, 0.2) is 0 Å². The monoisotopic (exact) mass is 225 g/mol. The number of hydrogen-bond donors (Lipinski definition) is 1. The second-order valence-electron chi connectivity index (χ2n) is 3.01. The Balaban J connectivity index is 2.80. The third-order valence-corrected chi connectivity index (χ3v) is 3.43. The van der Waals surface area contributed by atoms with Crippen molar-refractivity contribution in [3.63, 3.8) is 0 Å². The Bertz CT molecular complexity index is 519. The van der Waals surface area contributed by atoms with Crippen LogP contribution in [0.5, 0.6) is 0 Å². The Labute approximate surface area is 89.9 Å². The van der Waals surface area contributed by atoms with Crippen molar-refractivity contribution in [2.75, 3.05) is 0 Å². The van der Waals surface area contributed by atoms with E-state index in [9.17, 15) is 10.1 Å². The predicted molar refractivity (Wildman–Crippen MR) is 60.5 cm³/mol. The Morgan fingerprint density at radius 1 is 1.50 bits per heavy atom. The molecule has 5 heteroatoms. The van der Waals surface area contributed by atoms with E-state index in [1.807, 2.05) is 12.3 Å². The molecule has 0 aliphatic heterocycles. The van der Waals surface area contributed by atoms with Crippen molar-refractivity contribution >= 4 is 39.7 Å². The van der Waals surface area contributed by atoms with E-state index in [2.05, 4.69) is 12.6 Å². The van der Waals surface area contributed by atoms with E-state index in [-0.39, 0.29) is 5.69 Å². The minimum atomic E-state index is -0.395. The van der Waals surface area contributed by atoms with Crippen LogP contribution in [0.1, 0.15) is 5.56 Å². The summed E-state index contributed by atoms with van der Waals surface area (Å²) in [7, 11) is 0. The van der Waals surface area contributed by atoms with Gasteiger partial charge >= 0.3 is 0 Å². The lowest BCUT2D eigenvalue weighted by Crippen LogP contribution is -1.87. The maximum atomic E-state index is 10.6. The van der Waals surface area contributed by atoms with Gasteiger partial charge in [-0.25, -0.2) is 0 Å². The number of fused-ring (bicyclic) bond motifs is 1. The van der Waals surface area contributed by atoms with Gasteiger partial charge in [-0.3, -0.25) is 10.1 Å². The van der Waals surface area contributed by atoms with Gasteiger partial charge in [0.05, 0.1) is 4.92 Å². The van der Waals surface area contributed by atoms with Crippen LogP contribution in [-0.4, -0.2) is 4.92 Å². The number of rotatable bonds is 1. The molecular formula is C9H7NO2S2. The summed E-state index contributed by atoms with van der Waals surface area (Å²) in [6.45, 7) is 1.98. The maximum Gasteiger partial charge on any atom is 0.271 e. The van der Waals surface area contributed by atoms with Gasteiger partial charge in [0.2, 0.25) is 0 Å². The van der Waals surface area contributed by atoms with Crippen molar-refractivity contribution in [3.05, 3.63) is 33.2 Å². The third kappa shape index (κ3) is 1.38. The smallest absolute Gasteiger partial charge is 0.258 e. The minimum absolute atomic E-state index is 0.101. The Morgan fingerprint density at radius 2 is 2.21 bits per heavy atom. The molecule has 0 unspecified atom stereocenters. The molecule has 0 bridgehead atoms. The second-order valence-corrected chi connectivity index (χ2v) is 4.41. The summed E-state index contributed by atoms with van der Waals surface area (Å²) in [5, 5.41) is 13.6. The van der Waals surface area contributed by atoms with Gasteiger partial charge in [0.1, 0.15) is 0 Å². The second kappa shape index (κ2) is 3.25. The van der Waals surface area contributed by atoms with Crippen molar-refractivity contribution in [2.45, 2.75) is 11.8 Å². The number of thiol groups is 1. The summed E-state index contributed by atoms with van der Waals surface area (Å²) in [6, 6.07) is 3.08. The average molecular weight is 225 g/mol. The SMILES string of the molecule is Cc1csc2cc([N+](=O)[O-])cc(S)c12. The van der Waals surface area contributed by atoms with Crippen LogP contribution in [0.15, 0.2) is 22.4 Å². The normalized spacial score (nSPS) is 10.7. The molecule has 72 valence electrons. The lowest BCUT2D eigenvalue weighted by molar-refractivity contribution is -0.384. The quantitative estimate of drug-likeness (QED) is 0.459. The topological polar surface area (TPSA) is 43.1 Å². The van der Waals surface area contributed by atoms with Crippen LogP contribution in [0.3, 0.4) is 0 Å². The standard InChI is InChI=1S/C9H7NO2S2/c1-5-4-14-8-3-6(10(11)12)2-7(13)9(5)8/h2-4,13H,1H3. The van der Waals surface area contributed by atoms with Crippen molar-refractivity contribution in [1.82, 2.24) is 0 Å². The maximum absolute atomic E-state index is 10.6. The average Bonchev–Trinajstić information content (AvgIpc) is 2.48. The van der Waals surface area contributed by atoms with Gasteiger partial charge in [0, 0.05) is 27.1 Å². The summed E-state index contributed by atoms with van der Waals surface area (Å²) in [5.41, 5.74) is 1.22. The molecule has 3 nitrogen and oxygen atoms in total. The summed E-state index contributed by atoms with van der Waals surface area (Å²) in [6.07, 6.45) is 0. The molecule has 0 saturated carbocycles. The molecule has 14 heavy (non-hydrogen) atoms. The highest BCUT2D eigenvalue weighted by molar-refractivity contribution is 7.80. The number of nitrogens with zero attached hydrogens (tertiary/aromatic N) is 1. The fraction of sp³-hybridized carbons (Fsp3) is 0.111. The zero-order valence-corrected chi connectivity index (χ0v) is 9.06. The van der Waals surface area contributed by atoms with Crippen LogP contribution in [0, 0.1) is 17.0 Å². The number of hydrogen-bond acceptors (Lipinski definition) is 4. The first-order valence-corrected chi connectivity index (χ1v) is 5.27. The minimum Gasteiger partial charge on any atom is -0.258 e. The lowest BCUT2D eigenvalue weighted by atomic mass is 10.2. The fourth-order valence-electron chi connectivity index (χ4n) is 1.39. The highest BCUT2D eigenvalue weighted by Gasteiger charge is 2.12. The lowest BCUT2D eigenvalue weighted by Gasteiger charge is -1.97. The summed E-state index contributed by atoms with van der Waals surface area (Å²) < 4.78 is 0.918. The van der Waals surface area contributed by atoms with Crippen LogP contribution in [-0.2, 0) is 0 Å². The largest absolute Gasteiger partial charge is 0.271 e. The van der Waals surface area contributed by atoms with E-state index in [1.54, 1.807) is 6.07 Å². The molecule has 1 aromatic carbocycles. The van der Waals surface area contributed by atoms with Crippen molar-refractivity contribution in [2.24, 2.45) is 0 Å². The molecule has 0 aliphatic rings. The highest BCUT2D eigenvalue weighted by Crippen LogP contribution is 2.34. The molecule has 0 radical (unpaired) electrons. The highest BCUT2D eigenvalue weighted by atomic mass is 32.1. The molecule has 0 amide bonds. The molecule has 1 aromatic heterocycles. The number of aryl methyl sites for hydroxylation is 1. The summed E-state index contributed by atoms with van der Waals surface area (Å²) >= 11 is 5.76. The van der Waals surface area contributed by atoms with E-state index in [0.717, 1.165) is 15.6 Å². The first kappa shape index (κ1) is 9.48. The summed E-state index contributed by atoms with van der Waals surface area (Å²) in [4.78, 5) is 10.9. The van der Waals surface area contributed by atoms with Crippen molar-refractivity contribution < 1.29 is 4.92 Å². The van der Waals surface area contributed by atoms with Gasteiger partial charge in [-0.2, -0.15) is 0 Å². The number of benzene rings is 1. The third-order valence-electron chi connectivity index (χ3n) is 2.03. The van der Waals surface area contributed by atoms with Crippen molar-refractivity contribution in [3.8, 4) is 0 Å². The number of non-ortho nitro benzene ring substituents is 1. The molecule has 2 rings (SSSR count). The molecule has 0 atom stereocenters. The van der Waals surface area contributed by atoms with Gasteiger partial charge in [0.25, 0.3) is 5.69 Å². The van der Waals surface area contributed by atoms with E-state index in [0.29, 0.717) is 4.90 Å². The molecule has 0 N–H and O–H groups in total. The van der Waals surface area contributed by atoms with E-state index in [1.165, 1.54) is 17.4 Å². The van der Waals surface area contributed by atoms with Crippen LogP contribution in [0.2, 0.25) is 0 Å². The Morgan fingerprint density at radius 3 is 2.86 bits per heavy atom. The van der Waals surface area contributed by atoms with Gasteiger partial charge < -0.3 is 0 Å². The van der Waals surface area contributed by atoms with Crippen LogP contribution in [0.4, 0.5) is 5.69 Å². The molecule has 1 heterocycles. The zero-order valence-electron chi connectivity index (χ0n) is 7.35. The summed E-state index contributed by atoms with van der Waals surface area (Å²) in [5.74, 6) is 0. The van der Waals surface area contributed by atoms with Crippen LogP contribution >= 0.6 is 24.0 Å². The molecule has 0 aliphatic carbocycles.